The molecule has 1 heterocycles. The third kappa shape index (κ3) is 2.67. The van der Waals surface area contributed by atoms with E-state index in [9.17, 15) is 8.78 Å². The third-order valence-corrected chi connectivity index (χ3v) is 5.78. The van der Waals surface area contributed by atoms with Gasteiger partial charge in [-0.1, -0.05) is 0 Å². The van der Waals surface area contributed by atoms with Crippen molar-refractivity contribution in [3.63, 3.8) is 0 Å². The molecule has 1 aromatic rings. The van der Waals surface area contributed by atoms with E-state index >= 15 is 0 Å². The van der Waals surface area contributed by atoms with E-state index in [1.165, 1.54) is 12.1 Å². The Hall–Kier alpha value is -1.00. The number of ether oxygens (including phenoxy) is 2. The van der Waals surface area contributed by atoms with Gasteiger partial charge in [-0.3, -0.25) is 0 Å². The molecular weight excluding hydrogens is 286 g/mol. The second-order valence-corrected chi connectivity index (χ2v) is 7.08. The Morgan fingerprint density at radius 1 is 0.909 bits per heavy atom. The highest BCUT2D eigenvalue weighted by Gasteiger charge is 2.46. The van der Waals surface area contributed by atoms with E-state index in [0.717, 1.165) is 50.2 Å². The maximum absolute atomic E-state index is 13.4. The zero-order valence-corrected chi connectivity index (χ0v) is 12.7. The molecule has 1 spiro atoms. The summed E-state index contributed by atoms with van der Waals surface area (Å²) < 4.78 is 38.6. The lowest BCUT2D eigenvalue weighted by Crippen LogP contribution is -2.42. The zero-order chi connectivity index (χ0) is 15.2. The number of fused-ring (bicyclic) bond motifs is 1. The van der Waals surface area contributed by atoms with Crippen molar-refractivity contribution in [3.05, 3.63) is 35.4 Å². The van der Waals surface area contributed by atoms with Crippen LogP contribution in [0.5, 0.6) is 0 Å². The molecule has 2 nitrogen and oxygen atoms in total. The predicted octanol–water partition coefficient (Wildman–Crippen LogP) is 4.39. The third-order valence-electron chi connectivity index (χ3n) is 5.78. The molecule has 2 aliphatic carbocycles. The first-order valence-corrected chi connectivity index (χ1v) is 8.37. The summed E-state index contributed by atoms with van der Waals surface area (Å²) in [6.07, 6.45) is 6.17. The lowest BCUT2D eigenvalue weighted by atomic mass is 9.65. The van der Waals surface area contributed by atoms with Gasteiger partial charge in [-0.2, -0.15) is 0 Å². The molecule has 1 aromatic carbocycles. The van der Waals surface area contributed by atoms with Crippen molar-refractivity contribution in [3.8, 4) is 0 Å². The normalized spacial score (nSPS) is 33.8. The van der Waals surface area contributed by atoms with Gasteiger partial charge in [-0.05, 0) is 61.1 Å². The van der Waals surface area contributed by atoms with Crippen molar-refractivity contribution >= 4 is 0 Å². The van der Waals surface area contributed by atoms with Crippen LogP contribution in [0.25, 0.3) is 0 Å². The molecule has 2 saturated carbocycles. The lowest BCUT2D eigenvalue weighted by molar-refractivity contribution is -0.198. The standard InChI is InChI=1S/C18H22F2O2/c19-16-8-15(9-17(20)10-16)12-1-2-14-11-18(21-5-6-22-18)4-3-13(14)7-12/h8-10,12-14H,1-7,11H2/t12?,13-,14+/m0/s1. The fourth-order valence-electron chi connectivity index (χ4n) is 4.73. The van der Waals surface area contributed by atoms with Crippen LogP contribution in [0.2, 0.25) is 0 Å². The predicted molar refractivity (Wildman–Crippen MR) is 78.4 cm³/mol. The highest BCUT2D eigenvalue weighted by molar-refractivity contribution is 5.23. The summed E-state index contributed by atoms with van der Waals surface area (Å²) in [5.74, 6) is 0.287. The zero-order valence-electron chi connectivity index (χ0n) is 12.7. The van der Waals surface area contributed by atoms with Crippen LogP contribution in [0.4, 0.5) is 8.78 Å². The Bertz CT molecular complexity index is 534. The summed E-state index contributed by atoms with van der Waals surface area (Å²) in [6, 6.07) is 3.96. The lowest BCUT2D eigenvalue weighted by Gasteiger charge is -2.45. The Morgan fingerprint density at radius 3 is 2.36 bits per heavy atom. The highest BCUT2D eigenvalue weighted by Crippen LogP contribution is 2.50. The monoisotopic (exact) mass is 308 g/mol. The molecule has 120 valence electrons. The average Bonchev–Trinajstić information content (AvgIpc) is 2.94. The number of halogens is 2. The van der Waals surface area contributed by atoms with Gasteiger partial charge in [0.05, 0.1) is 13.2 Å². The summed E-state index contributed by atoms with van der Waals surface area (Å²) in [4.78, 5) is 0. The number of benzene rings is 1. The molecule has 4 heteroatoms. The first-order valence-electron chi connectivity index (χ1n) is 8.37. The smallest absolute Gasteiger partial charge is 0.168 e. The molecule has 0 bridgehead atoms. The molecule has 1 saturated heterocycles. The van der Waals surface area contributed by atoms with Crippen LogP contribution in [-0.4, -0.2) is 19.0 Å². The summed E-state index contributed by atoms with van der Waals surface area (Å²) in [6.45, 7) is 1.42. The molecule has 22 heavy (non-hydrogen) atoms. The van der Waals surface area contributed by atoms with Crippen molar-refractivity contribution in [2.24, 2.45) is 11.8 Å². The van der Waals surface area contributed by atoms with E-state index in [1.54, 1.807) is 0 Å². The molecule has 4 rings (SSSR count). The number of rotatable bonds is 1. The maximum atomic E-state index is 13.4. The van der Waals surface area contributed by atoms with Gasteiger partial charge in [0, 0.05) is 18.9 Å². The summed E-state index contributed by atoms with van der Waals surface area (Å²) in [7, 11) is 0. The van der Waals surface area contributed by atoms with Crippen molar-refractivity contribution in [1.82, 2.24) is 0 Å². The van der Waals surface area contributed by atoms with Crippen molar-refractivity contribution in [2.45, 2.75) is 50.2 Å². The molecule has 0 radical (unpaired) electrons. The molecule has 3 atom stereocenters. The first-order chi connectivity index (χ1) is 10.6. The topological polar surface area (TPSA) is 18.5 Å². The number of hydrogen-bond donors (Lipinski definition) is 0. The van der Waals surface area contributed by atoms with Gasteiger partial charge >= 0.3 is 0 Å². The van der Waals surface area contributed by atoms with Gasteiger partial charge in [0.15, 0.2) is 5.79 Å². The fourth-order valence-corrected chi connectivity index (χ4v) is 4.73. The molecule has 1 aliphatic heterocycles. The average molecular weight is 308 g/mol. The van der Waals surface area contributed by atoms with Crippen LogP contribution in [0.1, 0.15) is 50.0 Å². The van der Waals surface area contributed by atoms with Crippen molar-refractivity contribution in [2.75, 3.05) is 13.2 Å². The first kappa shape index (κ1) is 14.6. The Balaban J connectivity index is 1.46. The Labute approximate surface area is 129 Å². The van der Waals surface area contributed by atoms with Gasteiger partial charge in [0.2, 0.25) is 0 Å². The summed E-state index contributed by atoms with van der Waals surface area (Å²) in [5.41, 5.74) is 0.824. The minimum Gasteiger partial charge on any atom is -0.348 e. The minimum atomic E-state index is -0.465. The molecule has 0 N–H and O–H groups in total. The van der Waals surface area contributed by atoms with Gasteiger partial charge in [-0.25, -0.2) is 8.78 Å². The van der Waals surface area contributed by atoms with Crippen molar-refractivity contribution < 1.29 is 18.3 Å². The summed E-state index contributed by atoms with van der Waals surface area (Å²) in [5, 5.41) is 0. The van der Waals surface area contributed by atoms with Crippen molar-refractivity contribution in [1.29, 1.82) is 0 Å². The van der Waals surface area contributed by atoms with Crippen LogP contribution in [0, 0.1) is 23.5 Å². The van der Waals surface area contributed by atoms with E-state index in [0.29, 0.717) is 25.0 Å². The molecule has 0 aromatic heterocycles. The van der Waals surface area contributed by atoms with Crippen LogP contribution < -0.4 is 0 Å². The van der Waals surface area contributed by atoms with E-state index in [-0.39, 0.29) is 11.7 Å². The molecule has 0 amide bonds. The van der Waals surface area contributed by atoms with Crippen LogP contribution in [0.3, 0.4) is 0 Å². The Kier molecular flexibility index (Phi) is 3.69. The van der Waals surface area contributed by atoms with Gasteiger partial charge < -0.3 is 9.47 Å². The largest absolute Gasteiger partial charge is 0.348 e. The van der Waals surface area contributed by atoms with E-state index in [1.807, 2.05) is 0 Å². The molecule has 1 unspecified atom stereocenters. The maximum Gasteiger partial charge on any atom is 0.168 e. The molecule has 3 aliphatic rings. The molecular formula is C18H22F2O2. The van der Waals surface area contributed by atoms with Gasteiger partial charge in [0.1, 0.15) is 11.6 Å². The van der Waals surface area contributed by atoms with E-state index < -0.39 is 11.6 Å². The van der Waals surface area contributed by atoms with Crippen LogP contribution in [0.15, 0.2) is 18.2 Å². The van der Waals surface area contributed by atoms with Gasteiger partial charge in [0.25, 0.3) is 0 Å². The second-order valence-electron chi connectivity index (χ2n) is 7.08. The molecule has 3 fully saturated rings. The van der Waals surface area contributed by atoms with E-state index in [4.69, 9.17) is 9.47 Å². The van der Waals surface area contributed by atoms with Crippen LogP contribution >= 0.6 is 0 Å². The second kappa shape index (κ2) is 5.57. The summed E-state index contributed by atoms with van der Waals surface area (Å²) >= 11 is 0. The highest BCUT2D eigenvalue weighted by atomic mass is 19.1. The van der Waals surface area contributed by atoms with Gasteiger partial charge in [-0.15, -0.1) is 0 Å². The quantitative estimate of drug-likeness (QED) is 0.766. The minimum absolute atomic E-state index is 0.283. The SMILES string of the molecule is Fc1cc(F)cc(C2CC[C@@H]3CC4(CC[C@H]3C2)OCCO4)c1. The number of hydrogen-bond acceptors (Lipinski definition) is 2. The van der Waals surface area contributed by atoms with Crippen LogP contribution in [-0.2, 0) is 9.47 Å². The fraction of sp³-hybridized carbons (Fsp3) is 0.667. The van der Waals surface area contributed by atoms with E-state index in [2.05, 4.69) is 0 Å². The Morgan fingerprint density at radius 2 is 1.64 bits per heavy atom.